The number of aliphatic carboxylic acids is 1. The number of nitrogens with one attached hydrogen (secondary N) is 3. The maximum atomic E-state index is 12.8. The van der Waals surface area contributed by atoms with Crippen LogP contribution in [0.1, 0.15) is 47.7 Å². The smallest absolute Gasteiger partial charge is 0.305 e. The molecule has 0 unspecified atom stereocenters. The molecule has 186 valence electrons. The van der Waals surface area contributed by atoms with Gasteiger partial charge in [0, 0.05) is 24.2 Å². The van der Waals surface area contributed by atoms with Gasteiger partial charge >= 0.3 is 5.97 Å². The standard InChI is InChI=1S/C26H33N5O4/c1-17(27)31-11-9-19(10-12-31)13-18-5-7-20(8-6-18)26(34)30-22(15-24(32)33)16-35-23-4-2-3-21(14-23)25(28)29/h2-8,14,19,22,27H,9-13,15-16H2,1H3,(H3,28,29)(H,30,34)(H,32,33)/t22-/m1/s1. The molecule has 2 aromatic carbocycles. The summed E-state index contributed by atoms with van der Waals surface area (Å²) in [4.78, 5) is 26.2. The number of amides is 1. The Hall–Kier alpha value is -3.88. The molecule has 1 heterocycles. The minimum atomic E-state index is -1.05. The van der Waals surface area contributed by atoms with Crippen LogP contribution in [-0.4, -0.2) is 59.3 Å². The number of nitrogens with zero attached hydrogens (tertiary/aromatic N) is 1. The summed E-state index contributed by atoms with van der Waals surface area (Å²) in [5.74, 6) is 0.114. The molecule has 1 saturated heterocycles. The Morgan fingerprint density at radius 2 is 1.83 bits per heavy atom. The zero-order chi connectivity index (χ0) is 25.4. The normalized spacial score (nSPS) is 14.7. The summed E-state index contributed by atoms with van der Waals surface area (Å²) in [6.07, 6.45) is 2.74. The molecule has 0 spiro atoms. The Labute approximate surface area is 205 Å². The van der Waals surface area contributed by atoms with Crippen molar-refractivity contribution in [2.75, 3.05) is 19.7 Å². The van der Waals surface area contributed by atoms with Crippen molar-refractivity contribution >= 4 is 23.5 Å². The summed E-state index contributed by atoms with van der Waals surface area (Å²) in [7, 11) is 0. The second kappa shape index (κ2) is 12.0. The summed E-state index contributed by atoms with van der Waals surface area (Å²) in [6, 6.07) is 13.3. The Kier molecular flexibility index (Phi) is 8.83. The van der Waals surface area contributed by atoms with Gasteiger partial charge in [0.1, 0.15) is 18.2 Å². The maximum absolute atomic E-state index is 12.8. The fourth-order valence-corrected chi connectivity index (χ4v) is 4.18. The third kappa shape index (κ3) is 7.84. The molecule has 0 aliphatic carbocycles. The lowest BCUT2D eigenvalue weighted by molar-refractivity contribution is -0.137. The number of hydrogen-bond donors (Lipinski definition) is 5. The summed E-state index contributed by atoms with van der Waals surface area (Å²) in [5.41, 5.74) is 7.60. The molecule has 0 bridgehead atoms. The summed E-state index contributed by atoms with van der Waals surface area (Å²) < 4.78 is 5.68. The van der Waals surface area contributed by atoms with Gasteiger partial charge in [-0.25, -0.2) is 0 Å². The van der Waals surface area contributed by atoms with Crippen molar-refractivity contribution in [2.24, 2.45) is 11.7 Å². The highest BCUT2D eigenvalue weighted by Gasteiger charge is 2.21. The van der Waals surface area contributed by atoms with Crippen LogP contribution in [0.4, 0.5) is 0 Å². The molecule has 2 aromatic rings. The van der Waals surface area contributed by atoms with Gasteiger partial charge in [0.05, 0.1) is 18.3 Å². The van der Waals surface area contributed by atoms with Crippen molar-refractivity contribution in [2.45, 2.75) is 38.6 Å². The maximum Gasteiger partial charge on any atom is 0.305 e. The van der Waals surface area contributed by atoms with Crippen molar-refractivity contribution in [3.8, 4) is 5.75 Å². The lowest BCUT2D eigenvalue weighted by atomic mass is 9.90. The number of carboxylic acids is 1. The molecule has 9 heteroatoms. The number of amidine groups is 2. The summed E-state index contributed by atoms with van der Waals surface area (Å²) in [5, 5.41) is 27.3. The molecule has 3 rings (SSSR count). The molecule has 0 radical (unpaired) electrons. The first-order valence-corrected chi connectivity index (χ1v) is 11.7. The second-order valence-corrected chi connectivity index (χ2v) is 8.94. The molecule has 35 heavy (non-hydrogen) atoms. The lowest BCUT2D eigenvalue weighted by Crippen LogP contribution is -2.40. The third-order valence-corrected chi connectivity index (χ3v) is 6.18. The molecular weight excluding hydrogens is 446 g/mol. The number of piperidine rings is 1. The highest BCUT2D eigenvalue weighted by atomic mass is 16.5. The fourth-order valence-electron chi connectivity index (χ4n) is 4.18. The van der Waals surface area contributed by atoms with Crippen LogP contribution in [0.3, 0.4) is 0 Å². The van der Waals surface area contributed by atoms with Crippen LogP contribution >= 0.6 is 0 Å². The molecular formula is C26H33N5O4. The van der Waals surface area contributed by atoms with E-state index in [0.717, 1.165) is 37.9 Å². The number of carbonyl (C=O) groups excluding carboxylic acids is 1. The Bertz CT molecular complexity index is 1060. The topological polar surface area (TPSA) is 153 Å². The quantitative estimate of drug-likeness (QED) is 0.261. The summed E-state index contributed by atoms with van der Waals surface area (Å²) >= 11 is 0. The number of likely N-dealkylation sites (tertiary alicyclic amines) is 1. The van der Waals surface area contributed by atoms with E-state index in [1.54, 1.807) is 36.4 Å². The van der Waals surface area contributed by atoms with Crippen LogP contribution in [0.25, 0.3) is 0 Å². The van der Waals surface area contributed by atoms with Crippen molar-refractivity contribution in [3.05, 3.63) is 65.2 Å². The largest absolute Gasteiger partial charge is 0.491 e. The molecule has 1 aliphatic heterocycles. The van der Waals surface area contributed by atoms with E-state index in [-0.39, 0.29) is 24.8 Å². The van der Waals surface area contributed by atoms with E-state index in [2.05, 4.69) is 10.2 Å². The minimum absolute atomic E-state index is 0.0363. The lowest BCUT2D eigenvalue weighted by Gasteiger charge is -2.32. The van der Waals surface area contributed by atoms with E-state index in [0.29, 0.717) is 28.6 Å². The minimum Gasteiger partial charge on any atom is -0.491 e. The van der Waals surface area contributed by atoms with Crippen molar-refractivity contribution < 1.29 is 19.4 Å². The molecule has 1 fully saturated rings. The highest BCUT2D eigenvalue weighted by Crippen LogP contribution is 2.22. The molecule has 6 N–H and O–H groups in total. The van der Waals surface area contributed by atoms with Crippen molar-refractivity contribution in [3.63, 3.8) is 0 Å². The number of rotatable bonds is 10. The Morgan fingerprint density at radius 3 is 2.43 bits per heavy atom. The third-order valence-electron chi connectivity index (χ3n) is 6.18. The number of benzene rings is 2. The van der Waals surface area contributed by atoms with E-state index >= 15 is 0 Å². The average Bonchev–Trinajstić information content (AvgIpc) is 2.83. The van der Waals surface area contributed by atoms with Gasteiger partial charge in [-0.2, -0.15) is 0 Å². The van der Waals surface area contributed by atoms with Gasteiger partial charge in [-0.1, -0.05) is 24.3 Å². The molecule has 1 aliphatic rings. The number of nitrogen functional groups attached to an aromatic ring is 1. The monoisotopic (exact) mass is 479 g/mol. The predicted molar refractivity (Wildman–Crippen MR) is 134 cm³/mol. The SMILES string of the molecule is CC(=N)N1CCC(Cc2ccc(C(=O)N[C@@H](COc3cccc(C(=N)N)c3)CC(=O)O)cc2)CC1. The number of ether oxygens (including phenoxy) is 1. The van der Waals surface area contributed by atoms with Gasteiger partial charge in [-0.05, 0) is 61.9 Å². The first kappa shape index (κ1) is 25.7. The Morgan fingerprint density at radius 1 is 1.14 bits per heavy atom. The van der Waals surface area contributed by atoms with Gasteiger partial charge in [-0.15, -0.1) is 0 Å². The van der Waals surface area contributed by atoms with Crippen LogP contribution < -0.4 is 15.8 Å². The zero-order valence-electron chi connectivity index (χ0n) is 19.9. The van der Waals surface area contributed by atoms with Crippen LogP contribution in [0.2, 0.25) is 0 Å². The highest BCUT2D eigenvalue weighted by molar-refractivity contribution is 5.95. The van der Waals surface area contributed by atoms with Gasteiger partial charge in [0.25, 0.3) is 5.91 Å². The first-order valence-electron chi connectivity index (χ1n) is 11.7. The van der Waals surface area contributed by atoms with Gasteiger partial charge in [0.2, 0.25) is 0 Å². The molecule has 0 saturated carbocycles. The first-order chi connectivity index (χ1) is 16.7. The average molecular weight is 480 g/mol. The number of carbonyl (C=O) groups is 2. The van der Waals surface area contributed by atoms with E-state index in [1.807, 2.05) is 19.1 Å². The van der Waals surface area contributed by atoms with E-state index in [4.69, 9.17) is 21.3 Å². The van der Waals surface area contributed by atoms with Crippen LogP contribution in [0.5, 0.6) is 5.75 Å². The second-order valence-electron chi connectivity index (χ2n) is 8.94. The van der Waals surface area contributed by atoms with E-state index in [1.165, 1.54) is 0 Å². The molecule has 9 nitrogen and oxygen atoms in total. The zero-order valence-corrected chi connectivity index (χ0v) is 19.9. The van der Waals surface area contributed by atoms with Gasteiger partial charge in [0.15, 0.2) is 0 Å². The predicted octanol–water partition coefficient (Wildman–Crippen LogP) is 2.87. The molecule has 1 amide bonds. The number of carboxylic acid groups (broad SMARTS) is 1. The summed E-state index contributed by atoms with van der Waals surface area (Å²) in [6.45, 7) is 3.60. The number of hydrogen-bond acceptors (Lipinski definition) is 5. The van der Waals surface area contributed by atoms with Gasteiger partial charge in [-0.3, -0.25) is 20.4 Å². The van der Waals surface area contributed by atoms with Crippen molar-refractivity contribution in [1.82, 2.24) is 10.2 Å². The van der Waals surface area contributed by atoms with E-state index < -0.39 is 12.0 Å². The van der Waals surface area contributed by atoms with Gasteiger partial charge < -0.3 is 25.8 Å². The molecule has 0 aromatic heterocycles. The van der Waals surface area contributed by atoms with E-state index in [9.17, 15) is 14.7 Å². The molecule has 1 atom stereocenters. The number of nitrogens with two attached hydrogens (primary N) is 1. The van der Waals surface area contributed by atoms with Crippen LogP contribution in [0.15, 0.2) is 48.5 Å². The fraction of sp³-hybridized carbons (Fsp3) is 0.385. The van der Waals surface area contributed by atoms with Crippen molar-refractivity contribution in [1.29, 1.82) is 10.8 Å². The Balaban J connectivity index is 1.55. The van der Waals surface area contributed by atoms with Crippen LogP contribution in [0, 0.1) is 16.7 Å². The van der Waals surface area contributed by atoms with Crippen LogP contribution in [-0.2, 0) is 11.2 Å².